The molecule has 2 unspecified atom stereocenters. The average molecular weight is 342 g/mol. The van der Waals surface area contributed by atoms with Gasteiger partial charge in [0.15, 0.2) is 0 Å². The van der Waals surface area contributed by atoms with Crippen LogP contribution < -0.4 is 16.4 Å². The molecule has 24 heavy (non-hydrogen) atoms. The van der Waals surface area contributed by atoms with Gasteiger partial charge in [-0.05, 0) is 34.1 Å². The third-order valence-corrected chi connectivity index (χ3v) is 4.29. The molecule has 2 aliphatic heterocycles. The molecule has 0 saturated carbocycles. The van der Waals surface area contributed by atoms with Crippen LogP contribution in [0.15, 0.2) is 0 Å². The molecule has 1 spiro atoms. The molecule has 5 N–H and O–H groups in total. The summed E-state index contributed by atoms with van der Waals surface area (Å²) in [5.74, 6) is -0.932. The van der Waals surface area contributed by atoms with Crippen LogP contribution in [0.25, 0.3) is 0 Å². The van der Waals surface area contributed by atoms with E-state index in [0.717, 1.165) is 0 Å². The molecule has 3 amide bonds. The molecular weight excluding hydrogens is 316 g/mol. The molecule has 2 rings (SSSR count). The molecule has 0 aromatic carbocycles. The van der Waals surface area contributed by atoms with Gasteiger partial charge >= 0.3 is 6.09 Å². The second kappa shape index (κ2) is 6.21. The second-order valence-corrected chi connectivity index (χ2v) is 7.49. The maximum Gasteiger partial charge on any atom is 0.411 e. The highest BCUT2D eigenvalue weighted by molar-refractivity contribution is 5.96. The largest absolute Gasteiger partial charge is 0.444 e. The van der Waals surface area contributed by atoms with E-state index in [0.29, 0.717) is 13.0 Å². The van der Waals surface area contributed by atoms with Crippen molar-refractivity contribution < 1.29 is 24.2 Å². The van der Waals surface area contributed by atoms with Gasteiger partial charge in [0.1, 0.15) is 17.2 Å². The lowest BCUT2D eigenvalue weighted by Crippen LogP contribution is -2.71. The maximum absolute atomic E-state index is 12.5. The molecule has 0 aromatic heterocycles. The Morgan fingerprint density at radius 3 is 2.50 bits per heavy atom. The molecule has 9 heteroatoms. The van der Waals surface area contributed by atoms with E-state index in [1.165, 1.54) is 11.8 Å². The molecule has 0 aromatic rings. The smallest absolute Gasteiger partial charge is 0.411 e. The number of carbonyl (C=O) groups is 3. The molecule has 2 heterocycles. The normalized spacial score (nSPS) is 29.0. The summed E-state index contributed by atoms with van der Waals surface area (Å²) in [6.07, 6.45) is -1.23. The van der Waals surface area contributed by atoms with Crippen molar-refractivity contribution in [3.05, 3.63) is 0 Å². The van der Waals surface area contributed by atoms with Crippen molar-refractivity contribution in [3.8, 4) is 0 Å². The van der Waals surface area contributed by atoms with Crippen molar-refractivity contribution >= 4 is 17.9 Å². The number of β-lactam (4-membered cyclic amide) rings is 1. The van der Waals surface area contributed by atoms with Crippen LogP contribution in [0, 0.1) is 0 Å². The van der Waals surface area contributed by atoms with Crippen molar-refractivity contribution in [2.75, 3.05) is 13.1 Å². The van der Waals surface area contributed by atoms with Gasteiger partial charge in [-0.1, -0.05) is 0 Å². The van der Waals surface area contributed by atoms with Crippen LogP contribution in [0.3, 0.4) is 0 Å². The summed E-state index contributed by atoms with van der Waals surface area (Å²) in [4.78, 5) is 37.4. The van der Waals surface area contributed by atoms with Gasteiger partial charge in [-0.25, -0.2) is 4.79 Å². The highest BCUT2D eigenvalue weighted by Gasteiger charge is 2.59. The molecule has 0 bridgehead atoms. The van der Waals surface area contributed by atoms with Crippen LogP contribution in [0.4, 0.5) is 4.79 Å². The topological polar surface area (TPSA) is 134 Å². The Labute approximate surface area is 140 Å². The number of hydrogen-bond acceptors (Lipinski definition) is 6. The summed E-state index contributed by atoms with van der Waals surface area (Å²) < 4.78 is 5.39. The van der Waals surface area contributed by atoms with Crippen molar-refractivity contribution in [2.45, 2.75) is 63.4 Å². The Balaban J connectivity index is 2.15. The number of aliphatic hydroxyl groups is 1. The lowest BCUT2D eigenvalue weighted by molar-refractivity contribution is -0.140. The van der Waals surface area contributed by atoms with E-state index in [1.807, 2.05) is 0 Å². The van der Waals surface area contributed by atoms with Crippen LogP contribution in [0.1, 0.15) is 34.1 Å². The first kappa shape index (κ1) is 18.5. The molecule has 136 valence electrons. The lowest BCUT2D eigenvalue weighted by Gasteiger charge is -2.44. The van der Waals surface area contributed by atoms with Gasteiger partial charge in [-0.3, -0.25) is 19.8 Å². The van der Waals surface area contributed by atoms with Crippen LogP contribution in [0.5, 0.6) is 0 Å². The fourth-order valence-electron chi connectivity index (χ4n) is 3.12. The predicted molar refractivity (Wildman–Crippen MR) is 84.9 cm³/mol. The number of primary amides is 1. The number of nitrogens with two attached hydrogens (primary N) is 1. The minimum atomic E-state index is -0.982. The minimum Gasteiger partial charge on any atom is -0.444 e. The zero-order valence-corrected chi connectivity index (χ0v) is 14.5. The van der Waals surface area contributed by atoms with Crippen molar-refractivity contribution in [2.24, 2.45) is 5.73 Å². The van der Waals surface area contributed by atoms with Gasteiger partial charge in [0.2, 0.25) is 11.8 Å². The predicted octanol–water partition coefficient (Wildman–Crippen LogP) is -1.31. The fourth-order valence-corrected chi connectivity index (χ4v) is 3.12. The molecule has 2 aliphatic rings. The Bertz CT molecular complexity index is 544. The number of ether oxygens (including phenoxy) is 1. The maximum atomic E-state index is 12.5. The number of likely N-dealkylation sites (tertiary alicyclic amines) is 1. The standard InChI is InChI=1S/C15H26N4O5/c1-8(20)10(11(16)21)18-9-5-15(7-17-12(15)22)19(6-9)13(23)24-14(2,3)4/h8-10,18,20H,5-7H2,1-4H3,(H2,16,21)(H,17,22)/t8-,9?,10+,15?/m1/s1. The average Bonchev–Trinajstić information content (AvgIpc) is 2.82. The summed E-state index contributed by atoms with van der Waals surface area (Å²) in [7, 11) is 0. The molecule has 9 nitrogen and oxygen atoms in total. The van der Waals surface area contributed by atoms with Crippen molar-refractivity contribution in [3.63, 3.8) is 0 Å². The lowest BCUT2D eigenvalue weighted by atomic mass is 9.87. The van der Waals surface area contributed by atoms with Crippen LogP contribution in [-0.2, 0) is 14.3 Å². The van der Waals surface area contributed by atoms with Gasteiger partial charge in [0.05, 0.1) is 12.6 Å². The van der Waals surface area contributed by atoms with Crippen molar-refractivity contribution in [1.29, 1.82) is 0 Å². The minimum absolute atomic E-state index is 0.193. The SMILES string of the molecule is C[C@@H](O)[C@H](NC1CN(C(=O)OC(C)(C)C)C2(CNC2=O)C1)C(N)=O. The van der Waals surface area contributed by atoms with Gasteiger partial charge in [0, 0.05) is 12.6 Å². The van der Waals surface area contributed by atoms with Crippen LogP contribution in [-0.4, -0.2) is 70.3 Å². The summed E-state index contributed by atoms with van der Waals surface area (Å²) in [6, 6.07) is -1.30. The summed E-state index contributed by atoms with van der Waals surface area (Å²) in [5, 5.41) is 15.3. The summed E-state index contributed by atoms with van der Waals surface area (Å²) >= 11 is 0. The van der Waals surface area contributed by atoms with Crippen molar-refractivity contribution in [1.82, 2.24) is 15.5 Å². The molecular formula is C15H26N4O5. The van der Waals surface area contributed by atoms with E-state index in [1.54, 1.807) is 20.8 Å². The highest BCUT2D eigenvalue weighted by Crippen LogP contribution is 2.35. The second-order valence-electron chi connectivity index (χ2n) is 7.49. The number of rotatable bonds is 4. The molecule has 2 saturated heterocycles. The van der Waals surface area contributed by atoms with E-state index in [4.69, 9.17) is 10.5 Å². The van der Waals surface area contributed by atoms with E-state index in [2.05, 4.69) is 10.6 Å². The molecule has 4 atom stereocenters. The zero-order chi connectivity index (χ0) is 18.3. The number of hydrogen-bond donors (Lipinski definition) is 4. The first-order valence-corrected chi connectivity index (χ1v) is 7.98. The Kier molecular flexibility index (Phi) is 4.78. The van der Waals surface area contributed by atoms with Gasteiger partial charge in [-0.2, -0.15) is 0 Å². The Hall–Kier alpha value is -1.87. The summed E-state index contributed by atoms with van der Waals surface area (Å²) in [5.41, 5.74) is 3.64. The number of amides is 3. The highest BCUT2D eigenvalue weighted by atomic mass is 16.6. The Morgan fingerprint density at radius 1 is 1.50 bits per heavy atom. The zero-order valence-electron chi connectivity index (χ0n) is 14.5. The third kappa shape index (κ3) is 3.46. The van der Waals surface area contributed by atoms with Gasteiger partial charge in [0.25, 0.3) is 0 Å². The number of nitrogens with one attached hydrogen (secondary N) is 2. The molecule has 0 radical (unpaired) electrons. The number of nitrogens with zero attached hydrogens (tertiary/aromatic N) is 1. The number of aliphatic hydroxyl groups excluding tert-OH is 1. The van der Waals surface area contributed by atoms with Crippen LogP contribution in [0.2, 0.25) is 0 Å². The van der Waals surface area contributed by atoms with Gasteiger partial charge < -0.3 is 20.9 Å². The van der Waals surface area contributed by atoms with E-state index in [-0.39, 0.29) is 18.5 Å². The van der Waals surface area contributed by atoms with E-state index < -0.39 is 35.3 Å². The third-order valence-electron chi connectivity index (χ3n) is 4.29. The quantitative estimate of drug-likeness (QED) is 0.469. The monoisotopic (exact) mass is 342 g/mol. The van der Waals surface area contributed by atoms with Gasteiger partial charge in [-0.15, -0.1) is 0 Å². The van der Waals surface area contributed by atoms with E-state index >= 15 is 0 Å². The first-order chi connectivity index (χ1) is 11.0. The first-order valence-electron chi connectivity index (χ1n) is 7.98. The summed E-state index contributed by atoms with van der Waals surface area (Å²) in [6.45, 7) is 7.23. The van der Waals surface area contributed by atoms with Crippen LogP contribution >= 0.6 is 0 Å². The molecule has 2 fully saturated rings. The fraction of sp³-hybridized carbons (Fsp3) is 0.800. The van der Waals surface area contributed by atoms with E-state index in [9.17, 15) is 19.5 Å². The number of carbonyl (C=O) groups excluding carboxylic acids is 3. The molecule has 0 aliphatic carbocycles. The Morgan fingerprint density at radius 2 is 2.12 bits per heavy atom.